The van der Waals surface area contributed by atoms with Crippen LogP contribution in [0.5, 0.6) is 0 Å². The second-order valence-electron chi connectivity index (χ2n) is 10.8. The number of aromatic nitrogens is 3. The summed E-state index contributed by atoms with van der Waals surface area (Å²) in [6.45, 7) is 4.79. The standard InChI is InChI=1S/C31H36N4O2/c1-23-17-25(21-34(23)30(36)13-10-24-7-3-2-4-8-24)20-33-15-14-27-18-26(11-12-29(27)33)28-19-32-35(22-28)31-9-5-6-16-37-31/h2-4,7-8,11-12,14-15,18-19,22-23,25,31H,5-6,9-10,13,16-17,20-21H2,1H3/t23-,25+,31?/m1/s1. The van der Waals surface area contributed by atoms with Gasteiger partial charge in [0.05, 0.1) is 6.20 Å². The Morgan fingerprint density at radius 1 is 1.08 bits per heavy atom. The average molecular weight is 497 g/mol. The molecule has 6 heteroatoms. The van der Waals surface area contributed by atoms with E-state index in [1.165, 1.54) is 28.5 Å². The van der Waals surface area contributed by atoms with Gasteiger partial charge >= 0.3 is 0 Å². The molecular formula is C31H36N4O2. The fourth-order valence-corrected chi connectivity index (χ4v) is 6.06. The van der Waals surface area contributed by atoms with E-state index in [2.05, 4.69) is 70.3 Å². The fourth-order valence-electron chi connectivity index (χ4n) is 6.06. The Labute approximate surface area is 218 Å². The van der Waals surface area contributed by atoms with Crippen molar-refractivity contribution in [1.29, 1.82) is 0 Å². The molecule has 0 N–H and O–H groups in total. The van der Waals surface area contributed by atoms with Crippen LogP contribution in [0.25, 0.3) is 22.0 Å². The second kappa shape index (κ2) is 10.5. The van der Waals surface area contributed by atoms with Crippen molar-refractivity contribution in [2.75, 3.05) is 13.2 Å². The Bertz CT molecular complexity index is 1350. The molecule has 0 spiro atoms. The predicted molar refractivity (Wildman–Crippen MR) is 146 cm³/mol. The summed E-state index contributed by atoms with van der Waals surface area (Å²) in [5, 5.41) is 5.82. The molecule has 2 saturated heterocycles. The molecule has 4 heterocycles. The van der Waals surface area contributed by atoms with Crippen molar-refractivity contribution in [3.8, 4) is 11.1 Å². The number of fused-ring (bicyclic) bond motifs is 1. The van der Waals surface area contributed by atoms with E-state index >= 15 is 0 Å². The highest BCUT2D eigenvalue weighted by atomic mass is 16.5. The molecule has 1 unspecified atom stereocenters. The van der Waals surface area contributed by atoms with Crippen molar-refractivity contribution >= 4 is 16.8 Å². The number of nitrogens with zero attached hydrogens (tertiary/aromatic N) is 4. The highest BCUT2D eigenvalue weighted by Crippen LogP contribution is 2.30. The van der Waals surface area contributed by atoms with Crippen molar-refractivity contribution in [1.82, 2.24) is 19.2 Å². The average Bonchev–Trinajstić information content (AvgIpc) is 3.67. The lowest BCUT2D eigenvalue weighted by molar-refractivity contribution is -0.131. The molecule has 2 aliphatic heterocycles. The topological polar surface area (TPSA) is 52.3 Å². The number of carbonyl (C=O) groups excluding carboxylic acids is 1. The number of amides is 1. The van der Waals surface area contributed by atoms with Crippen molar-refractivity contribution in [2.45, 2.75) is 64.3 Å². The van der Waals surface area contributed by atoms with Gasteiger partial charge in [-0.25, -0.2) is 4.68 Å². The first-order valence-corrected chi connectivity index (χ1v) is 13.7. The van der Waals surface area contributed by atoms with E-state index in [0.717, 1.165) is 50.9 Å². The van der Waals surface area contributed by atoms with E-state index in [0.29, 0.717) is 18.4 Å². The van der Waals surface area contributed by atoms with E-state index in [1.807, 2.05) is 29.1 Å². The molecule has 0 aliphatic carbocycles. The van der Waals surface area contributed by atoms with Gasteiger partial charge in [-0.2, -0.15) is 5.10 Å². The van der Waals surface area contributed by atoms with Crippen LogP contribution in [0.1, 0.15) is 50.8 Å². The molecule has 6 rings (SSSR count). The largest absolute Gasteiger partial charge is 0.357 e. The van der Waals surface area contributed by atoms with Gasteiger partial charge in [-0.15, -0.1) is 0 Å². The van der Waals surface area contributed by atoms with Gasteiger partial charge in [0.2, 0.25) is 5.91 Å². The van der Waals surface area contributed by atoms with Crippen molar-refractivity contribution in [2.24, 2.45) is 5.92 Å². The summed E-state index contributed by atoms with van der Waals surface area (Å²) in [7, 11) is 0. The summed E-state index contributed by atoms with van der Waals surface area (Å²) in [5.41, 5.74) is 4.77. The minimum absolute atomic E-state index is 0.0610. The van der Waals surface area contributed by atoms with Gasteiger partial charge in [0.25, 0.3) is 0 Å². The summed E-state index contributed by atoms with van der Waals surface area (Å²) < 4.78 is 10.2. The molecule has 1 amide bonds. The lowest BCUT2D eigenvalue weighted by Crippen LogP contribution is -2.34. The van der Waals surface area contributed by atoms with Crippen LogP contribution in [0.15, 0.2) is 73.2 Å². The van der Waals surface area contributed by atoms with Crippen molar-refractivity contribution < 1.29 is 9.53 Å². The van der Waals surface area contributed by atoms with Crippen LogP contribution in [0.3, 0.4) is 0 Å². The fraction of sp³-hybridized carbons (Fsp3) is 0.419. The van der Waals surface area contributed by atoms with Crippen LogP contribution < -0.4 is 0 Å². The Morgan fingerprint density at radius 3 is 2.81 bits per heavy atom. The van der Waals surface area contributed by atoms with E-state index in [4.69, 9.17) is 4.74 Å². The third kappa shape index (κ3) is 5.21. The summed E-state index contributed by atoms with van der Waals surface area (Å²) in [6.07, 6.45) is 12.1. The first-order valence-electron chi connectivity index (χ1n) is 13.7. The first-order chi connectivity index (χ1) is 18.1. The molecule has 0 saturated carbocycles. The third-order valence-corrected chi connectivity index (χ3v) is 8.06. The van der Waals surface area contributed by atoms with E-state index in [-0.39, 0.29) is 12.1 Å². The predicted octanol–water partition coefficient (Wildman–Crippen LogP) is 6.07. The Kier molecular flexibility index (Phi) is 6.83. The molecule has 2 fully saturated rings. The lowest BCUT2D eigenvalue weighted by Gasteiger charge is -2.22. The van der Waals surface area contributed by atoms with Crippen molar-refractivity contribution in [3.63, 3.8) is 0 Å². The number of benzene rings is 2. The maximum absolute atomic E-state index is 13.0. The molecule has 6 nitrogen and oxygen atoms in total. The van der Waals surface area contributed by atoms with Gasteiger partial charge in [0.1, 0.15) is 6.23 Å². The molecular weight excluding hydrogens is 460 g/mol. The maximum atomic E-state index is 13.0. The normalized spacial score (nSPS) is 22.1. The van der Waals surface area contributed by atoms with Gasteiger partial charge in [0, 0.05) is 61.0 Å². The number of likely N-dealkylation sites (tertiary alicyclic amines) is 1. The summed E-state index contributed by atoms with van der Waals surface area (Å²) >= 11 is 0. The summed E-state index contributed by atoms with van der Waals surface area (Å²) in [4.78, 5) is 15.1. The number of rotatable bonds is 7. The van der Waals surface area contributed by atoms with Gasteiger partial charge < -0.3 is 14.2 Å². The Hall–Kier alpha value is -3.38. The number of hydrogen-bond acceptors (Lipinski definition) is 3. The van der Waals surface area contributed by atoms with Crippen LogP contribution in [0.4, 0.5) is 0 Å². The van der Waals surface area contributed by atoms with Gasteiger partial charge in [-0.1, -0.05) is 36.4 Å². The van der Waals surface area contributed by atoms with Gasteiger partial charge in [-0.3, -0.25) is 4.79 Å². The third-order valence-electron chi connectivity index (χ3n) is 8.06. The van der Waals surface area contributed by atoms with E-state index in [9.17, 15) is 4.79 Å². The monoisotopic (exact) mass is 496 g/mol. The molecule has 192 valence electrons. The SMILES string of the molecule is C[C@@H]1C[C@@H](Cn2ccc3cc(-c4cnn(C5CCCCO5)c4)ccc32)CN1C(=O)CCc1ccccc1. The molecule has 3 atom stereocenters. The molecule has 4 aromatic rings. The van der Waals surface area contributed by atoms with Crippen LogP contribution in [0, 0.1) is 5.92 Å². The quantitative estimate of drug-likeness (QED) is 0.312. The zero-order valence-electron chi connectivity index (χ0n) is 21.6. The van der Waals surface area contributed by atoms with Crippen LogP contribution in [0.2, 0.25) is 0 Å². The number of aryl methyl sites for hydroxylation is 1. The molecule has 2 aromatic heterocycles. The maximum Gasteiger partial charge on any atom is 0.223 e. The van der Waals surface area contributed by atoms with Crippen LogP contribution in [-0.4, -0.2) is 44.3 Å². The summed E-state index contributed by atoms with van der Waals surface area (Å²) in [5.74, 6) is 0.750. The van der Waals surface area contributed by atoms with Crippen LogP contribution >= 0.6 is 0 Å². The van der Waals surface area contributed by atoms with E-state index < -0.39 is 0 Å². The highest BCUT2D eigenvalue weighted by molar-refractivity contribution is 5.85. The first kappa shape index (κ1) is 24.0. The molecule has 37 heavy (non-hydrogen) atoms. The Morgan fingerprint density at radius 2 is 1.97 bits per heavy atom. The molecule has 2 aliphatic rings. The van der Waals surface area contributed by atoms with Gasteiger partial charge in [0.15, 0.2) is 0 Å². The zero-order valence-corrected chi connectivity index (χ0v) is 21.6. The number of carbonyl (C=O) groups is 1. The zero-order chi connectivity index (χ0) is 25.2. The molecule has 0 radical (unpaired) electrons. The van der Waals surface area contributed by atoms with Crippen molar-refractivity contribution in [3.05, 3.63) is 78.8 Å². The smallest absolute Gasteiger partial charge is 0.223 e. The minimum Gasteiger partial charge on any atom is -0.357 e. The number of hydrogen-bond donors (Lipinski definition) is 0. The number of ether oxygens (including phenoxy) is 1. The van der Waals surface area contributed by atoms with Crippen LogP contribution in [-0.2, 0) is 22.5 Å². The summed E-state index contributed by atoms with van der Waals surface area (Å²) in [6, 6.07) is 19.5. The molecule has 0 bridgehead atoms. The molecule has 2 aromatic carbocycles. The second-order valence-corrected chi connectivity index (χ2v) is 10.8. The highest BCUT2D eigenvalue weighted by Gasteiger charge is 2.32. The minimum atomic E-state index is 0.0610. The van der Waals surface area contributed by atoms with E-state index in [1.54, 1.807) is 0 Å². The van der Waals surface area contributed by atoms with Gasteiger partial charge in [-0.05, 0) is 74.3 Å². The Balaban J connectivity index is 1.10. The lowest BCUT2D eigenvalue weighted by atomic mass is 10.1.